The maximum absolute atomic E-state index is 13.9. The van der Waals surface area contributed by atoms with Crippen LogP contribution in [0.25, 0.3) is 0 Å². The molecule has 170 valence electrons. The van der Waals surface area contributed by atoms with Crippen LogP contribution in [0.3, 0.4) is 0 Å². The Morgan fingerprint density at radius 2 is 1.97 bits per heavy atom. The molecule has 0 atom stereocenters. The second-order valence-corrected chi connectivity index (χ2v) is 9.12. The summed E-state index contributed by atoms with van der Waals surface area (Å²) in [6.45, 7) is 5.97. The van der Waals surface area contributed by atoms with E-state index in [4.69, 9.17) is 0 Å². The Kier molecular flexibility index (Phi) is 5.30. The van der Waals surface area contributed by atoms with Crippen LogP contribution in [0.5, 0.6) is 5.75 Å². The number of hydrogen-bond donors (Lipinski definition) is 2. The number of fused-ring (bicyclic) bond motifs is 2. The number of amides is 2. The summed E-state index contributed by atoms with van der Waals surface area (Å²) in [5, 5.41) is 13.1. The Bertz CT molecular complexity index is 1170. The van der Waals surface area contributed by atoms with Gasteiger partial charge in [0.1, 0.15) is 17.2 Å². The number of nitrogens with one attached hydrogen (secondary N) is 1. The first-order valence-corrected chi connectivity index (χ1v) is 10.6. The third-order valence-corrected chi connectivity index (χ3v) is 6.40. The van der Waals surface area contributed by atoms with Gasteiger partial charge in [0, 0.05) is 37.0 Å². The molecular formula is C23H25F2N3O4. The highest BCUT2D eigenvalue weighted by Crippen LogP contribution is 2.48. The summed E-state index contributed by atoms with van der Waals surface area (Å²) >= 11 is 0. The van der Waals surface area contributed by atoms with Crippen LogP contribution >= 0.6 is 0 Å². The smallest absolute Gasteiger partial charge is 0.274 e. The second kappa shape index (κ2) is 7.72. The molecule has 1 fully saturated rings. The molecule has 1 saturated carbocycles. The zero-order valence-corrected chi connectivity index (χ0v) is 18.1. The third-order valence-electron chi connectivity index (χ3n) is 6.40. The SMILES string of the molecule is CC1CC2(C1)CN(C(C)C)C(=O)c1c(O)c(=O)c(C(=O)NCc3ccc(F)cc3F)cn12. The van der Waals surface area contributed by atoms with E-state index in [9.17, 15) is 28.3 Å². The van der Waals surface area contributed by atoms with Gasteiger partial charge in [-0.05, 0) is 38.7 Å². The Morgan fingerprint density at radius 3 is 2.56 bits per heavy atom. The number of carbonyl (C=O) groups excluding carboxylic acids is 2. The molecule has 1 aromatic carbocycles. The molecule has 0 bridgehead atoms. The van der Waals surface area contributed by atoms with E-state index in [-0.39, 0.29) is 29.4 Å². The van der Waals surface area contributed by atoms with Crippen molar-refractivity contribution >= 4 is 11.8 Å². The molecule has 1 aliphatic carbocycles. The van der Waals surface area contributed by atoms with Crippen LogP contribution in [-0.4, -0.2) is 39.0 Å². The summed E-state index contributed by atoms with van der Waals surface area (Å²) in [4.78, 5) is 40.2. The fraction of sp³-hybridized carbons (Fsp3) is 0.435. The summed E-state index contributed by atoms with van der Waals surface area (Å²) in [5.74, 6) is -3.20. The van der Waals surface area contributed by atoms with Crippen molar-refractivity contribution in [2.75, 3.05) is 6.54 Å². The van der Waals surface area contributed by atoms with Crippen LogP contribution in [0.15, 0.2) is 29.2 Å². The molecule has 1 spiro atoms. The topological polar surface area (TPSA) is 91.6 Å². The van der Waals surface area contributed by atoms with Crippen molar-refractivity contribution in [2.45, 2.75) is 51.7 Å². The number of aromatic hydroxyl groups is 1. The predicted octanol–water partition coefficient (Wildman–Crippen LogP) is 2.75. The first kappa shape index (κ1) is 22.0. The molecule has 2 N–H and O–H groups in total. The van der Waals surface area contributed by atoms with Gasteiger partial charge in [0.15, 0.2) is 11.4 Å². The lowest BCUT2D eigenvalue weighted by molar-refractivity contribution is 0.000392. The highest BCUT2D eigenvalue weighted by Gasteiger charge is 2.51. The van der Waals surface area contributed by atoms with Crippen LogP contribution in [0.2, 0.25) is 0 Å². The highest BCUT2D eigenvalue weighted by atomic mass is 19.1. The highest BCUT2D eigenvalue weighted by molar-refractivity contribution is 5.99. The number of halogens is 2. The Hall–Kier alpha value is -3.23. The molecule has 9 heteroatoms. The van der Waals surface area contributed by atoms with Crippen molar-refractivity contribution < 1.29 is 23.5 Å². The summed E-state index contributed by atoms with van der Waals surface area (Å²) in [7, 11) is 0. The van der Waals surface area contributed by atoms with E-state index < -0.39 is 40.2 Å². The van der Waals surface area contributed by atoms with Crippen molar-refractivity contribution in [3.8, 4) is 5.75 Å². The van der Waals surface area contributed by atoms with E-state index in [1.807, 2.05) is 13.8 Å². The summed E-state index contributed by atoms with van der Waals surface area (Å²) in [5.41, 5.74) is -1.86. The standard InChI is InChI=1S/C23H25F2N3O4/c1-12(2)27-11-23(7-13(3)8-23)28-10-16(19(29)20(30)18(28)22(27)32)21(31)26-9-14-4-5-15(24)6-17(14)25/h4-6,10,12-13,30H,7-9,11H2,1-3H3,(H,26,31). The molecule has 4 rings (SSSR count). The normalized spacial score (nSPS) is 22.1. The molecular weight excluding hydrogens is 420 g/mol. The average molecular weight is 445 g/mol. The molecule has 0 saturated heterocycles. The van der Waals surface area contributed by atoms with Crippen molar-refractivity contribution in [3.05, 3.63) is 63.1 Å². The molecule has 0 radical (unpaired) electrons. The lowest BCUT2D eigenvalue weighted by Gasteiger charge is -2.54. The van der Waals surface area contributed by atoms with Gasteiger partial charge in [0.25, 0.3) is 11.8 Å². The second-order valence-electron chi connectivity index (χ2n) is 9.12. The van der Waals surface area contributed by atoms with Gasteiger partial charge in [-0.15, -0.1) is 0 Å². The van der Waals surface area contributed by atoms with Crippen molar-refractivity contribution in [1.29, 1.82) is 0 Å². The van der Waals surface area contributed by atoms with Crippen LogP contribution in [0.4, 0.5) is 8.78 Å². The Labute approximate surface area is 183 Å². The molecule has 1 aliphatic heterocycles. The lowest BCUT2D eigenvalue weighted by Crippen LogP contribution is -2.61. The quantitative estimate of drug-likeness (QED) is 0.757. The molecule has 0 unspecified atom stereocenters. The molecule has 32 heavy (non-hydrogen) atoms. The van der Waals surface area contributed by atoms with Crippen LogP contribution < -0.4 is 10.7 Å². The van der Waals surface area contributed by atoms with Crippen LogP contribution in [0.1, 0.15) is 60.0 Å². The zero-order valence-electron chi connectivity index (χ0n) is 18.1. The van der Waals surface area contributed by atoms with Crippen LogP contribution in [0, 0.1) is 17.6 Å². The lowest BCUT2D eigenvalue weighted by atomic mass is 9.67. The number of aromatic nitrogens is 1. The molecule has 2 aliphatic rings. The fourth-order valence-electron chi connectivity index (χ4n) is 4.86. The van der Waals surface area contributed by atoms with Gasteiger partial charge in [-0.3, -0.25) is 14.4 Å². The van der Waals surface area contributed by atoms with E-state index in [2.05, 4.69) is 12.2 Å². The first-order chi connectivity index (χ1) is 15.0. The monoisotopic (exact) mass is 445 g/mol. The Morgan fingerprint density at radius 1 is 1.28 bits per heavy atom. The fourth-order valence-corrected chi connectivity index (χ4v) is 4.86. The summed E-state index contributed by atoms with van der Waals surface area (Å²) < 4.78 is 28.5. The predicted molar refractivity (Wildman–Crippen MR) is 112 cm³/mol. The van der Waals surface area contributed by atoms with Gasteiger partial charge < -0.3 is 19.9 Å². The summed E-state index contributed by atoms with van der Waals surface area (Å²) in [6, 6.07) is 2.85. The number of benzene rings is 1. The molecule has 7 nitrogen and oxygen atoms in total. The van der Waals surface area contributed by atoms with Gasteiger partial charge in [-0.25, -0.2) is 8.78 Å². The summed E-state index contributed by atoms with van der Waals surface area (Å²) in [6.07, 6.45) is 2.80. The zero-order chi connectivity index (χ0) is 23.4. The van der Waals surface area contributed by atoms with E-state index in [1.54, 1.807) is 9.47 Å². The van der Waals surface area contributed by atoms with Crippen LogP contribution in [-0.2, 0) is 12.1 Å². The first-order valence-electron chi connectivity index (χ1n) is 10.6. The number of hydrogen-bond acceptors (Lipinski definition) is 4. The number of rotatable bonds is 4. The minimum absolute atomic E-state index is 0.0501. The number of nitrogens with zero attached hydrogens (tertiary/aromatic N) is 2. The van der Waals surface area contributed by atoms with Crippen molar-refractivity contribution in [1.82, 2.24) is 14.8 Å². The maximum atomic E-state index is 13.9. The third kappa shape index (κ3) is 3.45. The van der Waals surface area contributed by atoms with Crippen molar-refractivity contribution in [2.24, 2.45) is 5.92 Å². The van der Waals surface area contributed by atoms with Gasteiger partial charge in [-0.2, -0.15) is 0 Å². The van der Waals surface area contributed by atoms with Gasteiger partial charge >= 0.3 is 0 Å². The average Bonchev–Trinajstić information content (AvgIpc) is 2.70. The van der Waals surface area contributed by atoms with E-state index in [0.717, 1.165) is 18.9 Å². The Balaban J connectivity index is 1.71. The molecule has 2 heterocycles. The minimum Gasteiger partial charge on any atom is -0.503 e. The number of pyridine rings is 1. The largest absolute Gasteiger partial charge is 0.503 e. The number of carbonyl (C=O) groups is 2. The van der Waals surface area contributed by atoms with E-state index >= 15 is 0 Å². The molecule has 2 amide bonds. The van der Waals surface area contributed by atoms with Crippen molar-refractivity contribution in [3.63, 3.8) is 0 Å². The van der Waals surface area contributed by atoms with E-state index in [0.29, 0.717) is 18.5 Å². The molecule has 1 aromatic heterocycles. The van der Waals surface area contributed by atoms with Gasteiger partial charge in [-0.1, -0.05) is 13.0 Å². The maximum Gasteiger partial charge on any atom is 0.274 e. The van der Waals surface area contributed by atoms with E-state index in [1.165, 1.54) is 12.3 Å². The van der Waals surface area contributed by atoms with Gasteiger partial charge in [0.2, 0.25) is 5.43 Å². The van der Waals surface area contributed by atoms with Gasteiger partial charge in [0.05, 0.1) is 5.54 Å². The molecule has 2 aromatic rings. The minimum atomic E-state index is -0.963.